The van der Waals surface area contributed by atoms with Crippen LogP contribution in [-0.2, 0) is 19.1 Å². The highest BCUT2D eigenvalue weighted by Crippen LogP contribution is 2.25. The van der Waals surface area contributed by atoms with E-state index >= 15 is 0 Å². The maximum absolute atomic E-state index is 12.9. The first-order valence-electron chi connectivity index (χ1n) is 11.2. The molecule has 0 fully saturated rings. The number of rotatable bonds is 17. The van der Waals surface area contributed by atoms with Crippen molar-refractivity contribution in [3.8, 4) is 0 Å². The summed E-state index contributed by atoms with van der Waals surface area (Å²) < 4.78 is 4.63. The van der Waals surface area contributed by atoms with Gasteiger partial charge in [-0.1, -0.05) is 75.8 Å². The summed E-state index contributed by atoms with van der Waals surface area (Å²) in [5.41, 5.74) is 0.956. The third kappa shape index (κ3) is 11.6. The van der Waals surface area contributed by atoms with E-state index in [2.05, 4.69) is 11.7 Å². The zero-order valence-electron chi connectivity index (χ0n) is 18.3. The number of hydrogen-bond donors (Lipinski definition) is 0. The average Bonchev–Trinajstić information content (AvgIpc) is 2.74. The minimum Gasteiger partial charge on any atom is -0.469 e. The Kier molecular flexibility index (Phi) is 13.7. The van der Waals surface area contributed by atoms with E-state index in [1.807, 2.05) is 30.3 Å². The zero-order chi connectivity index (χ0) is 21.3. The molecule has 0 aliphatic carbocycles. The monoisotopic (exact) mass is 402 g/mol. The summed E-state index contributed by atoms with van der Waals surface area (Å²) in [5, 5.41) is 0. The number of Topliss-reactive ketones (excluding diaryl/α,β-unsaturated/α-hetero) is 2. The van der Waals surface area contributed by atoms with Gasteiger partial charge in [-0.05, 0) is 24.8 Å². The van der Waals surface area contributed by atoms with Crippen molar-refractivity contribution < 1.29 is 19.1 Å². The van der Waals surface area contributed by atoms with Crippen LogP contribution in [0.5, 0.6) is 0 Å². The number of unbranched alkanes of at least 4 members (excludes halogenated alkanes) is 7. The summed E-state index contributed by atoms with van der Waals surface area (Å²) in [5.74, 6) is -0.0989. The van der Waals surface area contributed by atoms with E-state index in [1.54, 1.807) is 0 Å². The Hall–Kier alpha value is -1.97. The molecule has 1 atom stereocenters. The molecule has 0 amide bonds. The van der Waals surface area contributed by atoms with Gasteiger partial charge in [0.25, 0.3) is 0 Å². The van der Waals surface area contributed by atoms with Crippen molar-refractivity contribution in [3.63, 3.8) is 0 Å². The second-order valence-corrected chi connectivity index (χ2v) is 7.83. The molecule has 0 aromatic heterocycles. The van der Waals surface area contributed by atoms with Crippen molar-refractivity contribution in [2.45, 2.75) is 96.3 Å². The molecule has 162 valence electrons. The molecular formula is C25H38O4. The van der Waals surface area contributed by atoms with Gasteiger partial charge in [-0.2, -0.15) is 0 Å². The lowest BCUT2D eigenvalue weighted by molar-refractivity contribution is -0.140. The third-order valence-corrected chi connectivity index (χ3v) is 5.36. The van der Waals surface area contributed by atoms with Crippen LogP contribution in [0, 0.1) is 0 Å². The molecule has 1 aromatic carbocycles. The average molecular weight is 403 g/mol. The number of benzene rings is 1. The molecule has 0 heterocycles. The lowest BCUT2D eigenvalue weighted by Gasteiger charge is -2.16. The summed E-state index contributed by atoms with van der Waals surface area (Å²) in [6.07, 6.45) is 10.8. The van der Waals surface area contributed by atoms with E-state index in [4.69, 9.17) is 0 Å². The van der Waals surface area contributed by atoms with Crippen LogP contribution in [0.4, 0.5) is 0 Å². The van der Waals surface area contributed by atoms with Gasteiger partial charge in [0.05, 0.1) is 7.11 Å². The molecule has 1 rings (SSSR count). The Bertz CT molecular complexity index is 594. The molecule has 0 saturated heterocycles. The van der Waals surface area contributed by atoms with Gasteiger partial charge < -0.3 is 4.74 Å². The molecule has 0 radical (unpaired) electrons. The summed E-state index contributed by atoms with van der Waals surface area (Å²) in [4.78, 5) is 36.4. The predicted molar refractivity (Wildman–Crippen MR) is 117 cm³/mol. The predicted octanol–water partition coefficient (Wildman–Crippen LogP) is 6.17. The summed E-state index contributed by atoms with van der Waals surface area (Å²) >= 11 is 0. The van der Waals surface area contributed by atoms with Crippen LogP contribution in [-0.4, -0.2) is 24.6 Å². The second kappa shape index (κ2) is 15.9. The Labute approximate surface area is 176 Å². The number of carbonyl (C=O) groups excluding carboxylic acids is 3. The quantitative estimate of drug-likeness (QED) is 0.231. The van der Waals surface area contributed by atoms with E-state index in [0.717, 1.165) is 63.4 Å². The van der Waals surface area contributed by atoms with Crippen molar-refractivity contribution in [1.82, 2.24) is 0 Å². The van der Waals surface area contributed by atoms with Crippen LogP contribution in [0.25, 0.3) is 0 Å². The fourth-order valence-electron chi connectivity index (χ4n) is 3.56. The minimum absolute atomic E-state index is 0.162. The SMILES string of the molecule is CCCCCCC(=O)CC(C(=O)CCCCCCCC(=O)OC)c1ccccc1. The number of ether oxygens (including phenoxy) is 1. The van der Waals surface area contributed by atoms with E-state index < -0.39 is 0 Å². The first kappa shape index (κ1) is 25.1. The standard InChI is InChI=1S/C25H38O4/c1-3-4-5-12-17-22(26)20-23(21-15-10-9-11-16-21)24(27)18-13-7-6-8-14-19-25(28)29-2/h9-11,15-16,23H,3-8,12-14,17-20H2,1-2H3. The van der Waals surface area contributed by atoms with Gasteiger partial charge in [0.2, 0.25) is 0 Å². The maximum atomic E-state index is 12.9. The molecule has 0 bridgehead atoms. The topological polar surface area (TPSA) is 60.4 Å². The first-order valence-corrected chi connectivity index (χ1v) is 11.2. The molecular weight excluding hydrogens is 364 g/mol. The largest absolute Gasteiger partial charge is 0.469 e. The van der Waals surface area contributed by atoms with Gasteiger partial charge in [-0.25, -0.2) is 0 Å². The molecule has 4 nitrogen and oxygen atoms in total. The van der Waals surface area contributed by atoms with Gasteiger partial charge in [0, 0.05) is 31.6 Å². The summed E-state index contributed by atoms with van der Waals surface area (Å²) in [6, 6.07) is 9.72. The molecule has 0 spiro atoms. The van der Waals surface area contributed by atoms with E-state index in [9.17, 15) is 14.4 Å². The number of carbonyl (C=O) groups is 3. The lowest BCUT2D eigenvalue weighted by Crippen LogP contribution is -2.17. The van der Waals surface area contributed by atoms with Crippen LogP contribution in [0.2, 0.25) is 0 Å². The fourth-order valence-corrected chi connectivity index (χ4v) is 3.56. The number of methoxy groups -OCH3 is 1. The van der Waals surface area contributed by atoms with Gasteiger partial charge in [0.15, 0.2) is 0 Å². The normalized spacial score (nSPS) is 11.8. The molecule has 1 aromatic rings. The summed E-state index contributed by atoms with van der Waals surface area (Å²) in [6.45, 7) is 2.16. The molecule has 1 unspecified atom stereocenters. The fraction of sp³-hybridized carbons (Fsp3) is 0.640. The smallest absolute Gasteiger partial charge is 0.305 e. The Balaban J connectivity index is 2.42. The Morgan fingerprint density at radius 2 is 1.38 bits per heavy atom. The summed E-state index contributed by atoms with van der Waals surface area (Å²) in [7, 11) is 1.41. The van der Waals surface area contributed by atoms with Gasteiger partial charge in [-0.3, -0.25) is 14.4 Å². The highest BCUT2D eigenvalue weighted by atomic mass is 16.5. The Morgan fingerprint density at radius 1 is 0.793 bits per heavy atom. The maximum Gasteiger partial charge on any atom is 0.305 e. The van der Waals surface area contributed by atoms with Crippen LogP contribution in [0.3, 0.4) is 0 Å². The lowest BCUT2D eigenvalue weighted by atomic mass is 9.86. The number of ketones is 2. The highest BCUT2D eigenvalue weighted by molar-refractivity contribution is 5.91. The van der Waals surface area contributed by atoms with E-state index in [-0.39, 0.29) is 23.5 Å². The van der Waals surface area contributed by atoms with Crippen molar-refractivity contribution in [1.29, 1.82) is 0 Å². The zero-order valence-corrected chi connectivity index (χ0v) is 18.3. The highest BCUT2D eigenvalue weighted by Gasteiger charge is 2.22. The molecule has 4 heteroatoms. The van der Waals surface area contributed by atoms with Crippen molar-refractivity contribution in [3.05, 3.63) is 35.9 Å². The second-order valence-electron chi connectivity index (χ2n) is 7.83. The molecule has 0 N–H and O–H groups in total. The van der Waals surface area contributed by atoms with Crippen molar-refractivity contribution in [2.24, 2.45) is 0 Å². The number of hydrogen-bond acceptors (Lipinski definition) is 4. The third-order valence-electron chi connectivity index (χ3n) is 5.36. The van der Waals surface area contributed by atoms with E-state index in [0.29, 0.717) is 25.7 Å². The van der Waals surface area contributed by atoms with Crippen molar-refractivity contribution >= 4 is 17.5 Å². The van der Waals surface area contributed by atoms with Gasteiger partial charge in [-0.15, -0.1) is 0 Å². The molecule has 0 aliphatic rings. The molecule has 29 heavy (non-hydrogen) atoms. The van der Waals surface area contributed by atoms with Crippen LogP contribution < -0.4 is 0 Å². The minimum atomic E-state index is -0.311. The van der Waals surface area contributed by atoms with Gasteiger partial charge >= 0.3 is 5.97 Å². The van der Waals surface area contributed by atoms with Crippen LogP contribution in [0.15, 0.2) is 30.3 Å². The van der Waals surface area contributed by atoms with Crippen LogP contribution in [0.1, 0.15) is 102 Å². The van der Waals surface area contributed by atoms with E-state index in [1.165, 1.54) is 7.11 Å². The van der Waals surface area contributed by atoms with Crippen LogP contribution >= 0.6 is 0 Å². The molecule has 0 aliphatic heterocycles. The van der Waals surface area contributed by atoms with Crippen molar-refractivity contribution in [2.75, 3.05) is 7.11 Å². The Morgan fingerprint density at radius 3 is 2.03 bits per heavy atom. The number of esters is 1. The molecule has 0 saturated carbocycles. The first-order chi connectivity index (χ1) is 14.1. The van der Waals surface area contributed by atoms with Gasteiger partial charge in [0.1, 0.15) is 11.6 Å².